The quantitative estimate of drug-likeness (QED) is 0.547. The van der Waals surface area contributed by atoms with Crippen LogP contribution >= 0.6 is 0 Å². The molecule has 0 aliphatic carbocycles. The van der Waals surface area contributed by atoms with E-state index in [-0.39, 0.29) is 11.9 Å². The van der Waals surface area contributed by atoms with Gasteiger partial charge in [-0.1, -0.05) is 0 Å². The fraction of sp³-hybridized carbons (Fsp3) is 0.235. The van der Waals surface area contributed by atoms with Crippen molar-refractivity contribution in [2.75, 3.05) is 0 Å². The lowest BCUT2D eigenvalue weighted by atomic mass is 10.1. The van der Waals surface area contributed by atoms with Crippen molar-refractivity contribution in [2.45, 2.75) is 26.5 Å². The molecule has 0 fully saturated rings. The Morgan fingerprint density at radius 2 is 2.12 bits per heavy atom. The third kappa shape index (κ3) is 3.23. The number of hydrogen-bond acceptors (Lipinski definition) is 6. The van der Waals surface area contributed by atoms with Crippen LogP contribution < -0.4 is 4.74 Å². The summed E-state index contributed by atoms with van der Waals surface area (Å²) in [7, 11) is 0. The lowest BCUT2D eigenvalue weighted by Crippen LogP contribution is -2.20. The summed E-state index contributed by atoms with van der Waals surface area (Å²) in [5.74, 6) is -0.270. The summed E-state index contributed by atoms with van der Waals surface area (Å²) in [5.41, 5.74) is 3.10. The molecule has 4 rings (SSSR count). The van der Waals surface area contributed by atoms with Gasteiger partial charge in [0, 0.05) is 17.8 Å². The minimum atomic E-state index is -0.432. The molecule has 0 aliphatic heterocycles. The highest BCUT2D eigenvalue weighted by Crippen LogP contribution is 2.26. The summed E-state index contributed by atoms with van der Waals surface area (Å²) in [4.78, 5) is 4.57. The third-order valence-electron chi connectivity index (χ3n) is 3.84. The summed E-state index contributed by atoms with van der Waals surface area (Å²) in [6.45, 7) is 4.15. The Morgan fingerprint density at radius 3 is 2.92 bits per heavy atom. The van der Waals surface area contributed by atoms with Crippen molar-refractivity contribution in [3.63, 3.8) is 0 Å². The van der Waals surface area contributed by atoms with Gasteiger partial charge < -0.3 is 4.74 Å². The van der Waals surface area contributed by atoms with Crippen molar-refractivity contribution in [2.24, 2.45) is 0 Å². The summed E-state index contributed by atoms with van der Waals surface area (Å²) >= 11 is 0. The molecule has 26 heavy (non-hydrogen) atoms. The highest BCUT2D eigenvalue weighted by atomic mass is 19.1. The summed E-state index contributed by atoms with van der Waals surface area (Å²) in [5, 5.41) is 15.2. The molecule has 0 aliphatic rings. The van der Waals surface area contributed by atoms with E-state index in [0.717, 1.165) is 22.6 Å². The van der Waals surface area contributed by atoms with E-state index in [9.17, 15) is 4.39 Å². The van der Waals surface area contributed by atoms with Gasteiger partial charge in [0.2, 0.25) is 0 Å². The monoisotopic (exact) mass is 353 g/mol. The van der Waals surface area contributed by atoms with Crippen LogP contribution in [0.4, 0.5) is 4.39 Å². The molecule has 1 unspecified atom stereocenters. The van der Waals surface area contributed by atoms with Crippen molar-refractivity contribution < 1.29 is 9.13 Å². The second kappa shape index (κ2) is 6.51. The third-order valence-corrected chi connectivity index (χ3v) is 3.84. The van der Waals surface area contributed by atoms with E-state index in [4.69, 9.17) is 4.74 Å². The number of tetrazole rings is 1. The first-order valence-electron chi connectivity index (χ1n) is 8.09. The summed E-state index contributed by atoms with van der Waals surface area (Å²) < 4.78 is 23.1. The number of rotatable bonds is 5. The molecule has 0 amide bonds. The predicted octanol–water partition coefficient (Wildman–Crippen LogP) is 2.30. The van der Waals surface area contributed by atoms with Gasteiger partial charge in [-0.15, -0.1) is 5.10 Å². The highest BCUT2D eigenvalue weighted by molar-refractivity contribution is 5.63. The molecular weight excluding hydrogens is 337 g/mol. The maximum absolute atomic E-state index is 14.2. The molecular formula is C17H16FN7O. The maximum Gasteiger partial charge on any atom is 0.165 e. The normalized spacial score (nSPS) is 12.4. The van der Waals surface area contributed by atoms with E-state index in [1.807, 2.05) is 32.2 Å². The first-order valence-corrected chi connectivity index (χ1v) is 8.09. The van der Waals surface area contributed by atoms with Gasteiger partial charge in [-0.05, 0) is 48.5 Å². The molecule has 0 bridgehead atoms. The van der Waals surface area contributed by atoms with E-state index in [1.54, 1.807) is 16.6 Å². The largest absolute Gasteiger partial charge is 0.486 e. The Hall–Kier alpha value is -3.36. The Kier molecular flexibility index (Phi) is 4.04. The second-order valence-electron chi connectivity index (χ2n) is 6.01. The fourth-order valence-corrected chi connectivity index (χ4v) is 2.69. The number of benzene rings is 1. The highest BCUT2D eigenvalue weighted by Gasteiger charge is 2.13. The zero-order valence-electron chi connectivity index (χ0n) is 14.2. The van der Waals surface area contributed by atoms with Gasteiger partial charge in [0.1, 0.15) is 12.4 Å². The number of aryl methyl sites for hydroxylation is 1. The van der Waals surface area contributed by atoms with Crippen LogP contribution in [-0.4, -0.2) is 40.9 Å². The average Bonchev–Trinajstić information content (AvgIpc) is 3.24. The SMILES string of the molecule is Cc1cc2nc(-c3ccc(F)c(OC(C)Cn4cnnn4)c3)ccn2n1. The molecule has 0 radical (unpaired) electrons. The van der Waals surface area contributed by atoms with E-state index in [2.05, 4.69) is 25.6 Å². The molecule has 1 atom stereocenters. The van der Waals surface area contributed by atoms with Crippen molar-refractivity contribution in [3.8, 4) is 17.0 Å². The van der Waals surface area contributed by atoms with E-state index >= 15 is 0 Å². The Morgan fingerprint density at radius 1 is 1.23 bits per heavy atom. The number of nitrogens with zero attached hydrogens (tertiary/aromatic N) is 7. The van der Waals surface area contributed by atoms with Gasteiger partial charge in [0.25, 0.3) is 0 Å². The standard InChI is InChI=1S/C17H16FN7O/c1-11-7-17-20-15(5-6-25(17)21-11)13-3-4-14(18)16(8-13)26-12(2)9-24-10-19-22-23-24/h3-8,10,12H,9H2,1-2H3. The minimum Gasteiger partial charge on any atom is -0.486 e. The Labute approximate surface area is 148 Å². The molecule has 4 aromatic rings. The zero-order chi connectivity index (χ0) is 18.1. The molecule has 132 valence electrons. The first kappa shape index (κ1) is 16.1. The van der Waals surface area contributed by atoms with Gasteiger partial charge >= 0.3 is 0 Å². The van der Waals surface area contributed by atoms with Crippen LogP contribution in [-0.2, 0) is 6.54 Å². The molecule has 3 aromatic heterocycles. The smallest absolute Gasteiger partial charge is 0.165 e. The number of aromatic nitrogens is 7. The Bertz CT molecular complexity index is 1040. The molecule has 0 saturated carbocycles. The molecule has 8 nitrogen and oxygen atoms in total. The topological polar surface area (TPSA) is 83.0 Å². The second-order valence-corrected chi connectivity index (χ2v) is 6.01. The van der Waals surface area contributed by atoms with E-state index in [0.29, 0.717) is 6.54 Å². The molecule has 3 heterocycles. The molecule has 1 aromatic carbocycles. The number of halogens is 1. The lowest BCUT2D eigenvalue weighted by Gasteiger charge is -2.15. The lowest BCUT2D eigenvalue weighted by molar-refractivity contribution is 0.185. The van der Waals surface area contributed by atoms with Crippen LogP contribution in [0.25, 0.3) is 16.9 Å². The van der Waals surface area contributed by atoms with Crippen molar-refractivity contribution in [1.29, 1.82) is 0 Å². The van der Waals surface area contributed by atoms with Crippen LogP contribution in [0.3, 0.4) is 0 Å². The Balaban J connectivity index is 1.60. The number of ether oxygens (including phenoxy) is 1. The van der Waals surface area contributed by atoms with Gasteiger partial charge in [-0.2, -0.15) is 5.10 Å². The maximum atomic E-state index is 14.2. The van der Waals surface area contributed by atoms with Gasteiger partial charge in [0.05, 0.1) is 17.9 Å². The van der Waals surface area contributed by atoms with Gasteiger partial charge in [0.15, 0.2) is 17.2 Å². The zero-order valence-corrected chi connectivity index (χ0v) is 14.2. The van der Waals surface area contributed by atoms with E-state index < -0.39 is 5.82 Å². The molecule has 0 spiro atoms. The fourth-order valence-electron chi connectivity index (χ4n) is 2.69. The van der Waals surface area contributed by atoms with Crippen LogP contribution in [0, 0.1) is 12.7 Å². The van der Waals surface area contributed by atoms with Crippen molar-refractivity contribution in [1.82, 2.24) is 34.8 Å². The van der Waals surface area contributed by atoms with Gasteiger partial charge in [-0.3, -0.25) is 0 Å². The summed E-state index contributed by atoms with van der Waals surface area (Å²) in [6, 6.07) is 8.42. The minimum absolute atomic E-state index is 0.162. The first-order chi connectivity index (χ1) is 12.6. The number of hydrogen-bond donors (Lipinski definition) is 0. The number of fused-ring (bicyclic) bond motifs is 1. The predicted molar refractivity (Wildman–Crippen MR) is 91.0 cm³/mol. The molecule has 0 saturated heterocycles. The van der Waals surface area contributed by atoms with Gasteiger partial charge in [-0.25, -0.2) is 18.6 Å². The van der Waals surface area contributed by atoms with Crippen LogP contribution in [0.15, 0.2) is 42.9 Å². The summed E-state index contributed by atoms with van der Waals surface area (Å²) in [6.07, 6.45) is 3.00. The van der Waals surface area contributed by atoms with Crippen LogP contribution in [0.2, 0.25) is 0 Å². The molecule has 9 heteroatoms. The van der Waals surface area contributed by atoms with Crippen LogP contribution in [0.5, 0.6) is 5.75 Å². The van der Waals surface area contributed by atoms with Crippen LogP contribution in [0.1, 0.15) is 12.6 Å². The van der Waals surface area contributed by atoms with Crippen molar-refractivity contribution >= 4 is 5.65 Å². The van der Waals surface area contributed by atoms with E-state index in [1.165, 1.54) is 17.1 Å². The average molecular weight is 353 g/mol. The molecule has 0 N–H and O–H groups in total. The van der Waals surface area contributed by atoms with Crippen molar-refractivity contribution in [3.05, 3.63) is 54.4 Å².